The Kier molecular flexibility index (Phi) is 9.93. The molecule has 2 amide bonds. The number of hydrogen-bond donors (Lipinski definition) is 1. The molecular weight excluding hydrogens is 525 g/mol. The predicted molar refractivity (Wildman–Crippen MR) is 149 cm³/mol. The van der Waals surface area contributed by atoms with Crippen molar-refractivity contribution in [2.45, 2.75) is 42.6 Å². The van der Waals surface area contributed by atoms with Crippen LogP contribution in [0.15, 0.2) is 82.6 Å². The number of benzene rings is 3. The molecular formula is C28H32FN3O4S2. The molecule has 202 valence electrons. The summed E-state index contributed by atoms with van der Waals surface area (Å²) in [4.78, 5) is 28.8. The van der Waals surface area contributed by atoms with Crippen molar-refractivity contribution in [3.63, 3.8) is 0 Å². The van der Waals surface area contributed by atoms with Crippen LogP contribution >= 0.6 is 11.8 Å². The van der Waals surface area contributed by atoms with Crippen molar-refractivity contribution >= 4 is 39.3 Å². The normalized spacial score (nSPS) is 12.0. The second kappa shape index (κ2) is 12.9. The van der Waals surface area contributed by atoms with Crippen LogP contribution in [0.1, 0.15) is 24.5 Å². The highest BCUT2D eigenvalue weighted by Crippen LogP contribution is 2.26. The predicted octanol–water partition coefficient (Wildman–Crippen LogP) is 4.60. The van der Waals surface area contributed by atoms with Crippen LogP contribution in [0.5, 0.6) is 0 Å². The lowest BCUT2D eigenvalue weighted by atomic mass is 10.1. The zero-order valence-electron chi connectivity index (χ0n) is 21.8. The summed E-state index contributed by atoms with van der Waals surface area (Å²) in [6.45, 7) is 3.14. The first-order valence-corrected chi connectivity index (χ1v) is 14.8. The Balaban J connectivity index is 2.04. The number of carbonyl (C=O) groups is 2. The summed E-state index contributed by atoms with van der Waals surface area (Å²) in [5, 5.41) is 2.58. The Bertz CT molecular complexity index is 1350. The van der Waals surface area contributed by atoms with Gasteiger partial charge in [-0.15, -0.1) is 11.8 Å². The number of amides is 2. The van der Waals surface area contributed by atoms with E-state index in [0.29, 0.717) is 17.7 Å². The Morgan fingerprint density at radius 2 is 1.58 bits per heavy atom. The minimum Gasteiger partial charge on any atom is -0.357 e. The van der Waals surface area contributed by atoms with Crippen molar-refractivity contribution in [3.8, 4) is 0 Å². The average Bonchev–Trinajstić information content (AvgIpc) is 2.92. The van der Waals surface area contributed by atoms with Crippen molar-refractivity contribution in [1.29, 1.82) is 0 Å². The maximum Gasteiger partial charge on any atom is 0.264 e. The minimum atomic E-state index is -4.13. The van der Waals surface area contributed by atoms with Crippen molar-refractivity contribution in [2.24, 2.45) is 0 Å². The number of likely N-dealkylation sites (N-methyl/N-ethyl adjacent to an activating group) is 1. The zero-order chi connectivity index (χ0) is 27.9. The largest absolute Gasteiger partial charge is 0.357 e. The molecule has 0 fully saturated rings. The van der Waals surface area contributed by atoms with Crippen LogP contribution in [0.3, 0.4) is 0 Å². The van der Waals surface area contributed by atoms with E-state index in [0.717, 1.165) is 14.8 Å². The molecule has 0 aliphatic rings. The van der Waals surface area contributed by atoms with Gasteiger partial charge in [0.2, 0.25) is 11.8 Å². The Hall–Kier alpha value is -3.37. The first-order chi connectivity index (χ1) is 18.1. The second-order valence-electron chi connectivity index (χ2n) is 8.71. The number of halogens is 1. The number of nitrogens with zero attached hydrogens (tertiary/aromatic N) is 2. The molecule has 1 N–H and O–H groups in total. The average molecular weight is 558 g/mol. The second-order valence-corrected chi connectivity index (χ2v) is 11.5. The van der Waals surface area contributed by atoms with Gasteiger partial charge in [0, 0.05) is 18.5 Å². The van der Waals surface area contributed by atoms with Crippen LogP contribution in [0.2, 0.25) is 0 Å². The van der Waals surface area contributed by atoms with Crippen LogP contribution in [0.25, 0.3) is 0 Å². The molecule has 10 heteroatoms. The van der Waals surface area contributed by atoms with E-state index in [4.69, 9.17) is 0 Å². The lowest BCUT2D eigenvalue weighted by Gasteiger charge is -2.33. The van der Waals surface area contributed by atoms with Gasteiger partial charge in [0.05, 0.1) is 10.6 Å². The Morgan fingerprint density at radius 3 is 2.11 bits per heavy atom. The quantitative estimate of drug-likeness (QED) is 0.348. The summed E-state index contributed by atoms with van der Waals surface area (Å²) in [7, 11) is -2.65. The van der Waals surface area contributed by atoms with Crippen LogP contribution < -0.4 is 9.62 Å². The number of thioether (sulfide) groups is 1. The summed E-state index contributed by atoms with van der Waals surface area (Å²) in [6, 6.07) is 18.1. The van der Waals surface area contributed by atoms with E-state index in [1.807, 2.05) is 13.2 Å². The minimum absolute atomic E-state index is 0.00917. The van der Waals surface area contributed by atoms with Crippen LogP contribution in [-0.4, -0.2) is 51.0 Å². The lowest BCUT2D eigenvalue weighted by molar-refractivity contribution is -0.140. The van der Waals surface area contributed by atoms with Gasteiger partial charge in [0.1, 0.15) is 18.4 Å². The van der Waals surface area contributed by atoms with E-state index in [2.05, 4.69) is 5.32 Å². The van der Waals surface area contributed by atoms with Gasteiger partial charge in [-0.05, 0) is 73.7 Å². The molecule has 0 aromatic heterocycles. The number of aryl methyl sites for hydroxylation is 1. The molecule has 3 aromatic carbocycles. The van der Waals surface area contributed by atoms with Gasteiger partial charge in [0.15, 0.2) is 0 Å². The topological polar surface area (TPSA) is 86.8 Å². The standard InChI is InChI=1S/C28H32FN3O4S2/c1-5-26(28(34)30-3)31(18-21-8-10-22(29)11-9-21)27(33)19-32(23-12-6-20(2)7-13-23)38(35,36)25-16-14-24(37-4)15-17-25/h6-17,26H,5,18-19H2,1-4H3,(H,30,34)/t26-/m1/s1. The summed E-state index contributed by atoms with van der Waals surface area (Å²) in [5.41, 5.74) is 1.87. The lowest BCUT2D eigenvalue weighted by Crippen LogP contribution is -2.51. The third-order valence-corrected chi connectivity index (χ3v) is 8.68. The first-order valence-electron chi connectivity index (χ1n) is 12.1. The monoisotopic (exact) mass is 557 g/mol. The van der Waals surface area contributed by atoms with E-state index < -0.39 is 34.3 Å². The smallest absolute Gasteiger partial charge is 0.264 e. The van der Waals surface area contributed by atoms with Crippen molar-refractivity contribution in [3.05, 3.63) is 89.7 Å². The molecule has 0 saturated heterocycles. The summed E-state index contributed by atoms with van der Waals surface area (Å²) in [6.07, 6.45) is 2.20. The van der Waals surface area contributed by atoms with Crippen LogP contribution in [0.4, 0.5) is 10.1 Å². The molecule has 1 atom stereocenters. The van der Waals surface area contributed by atoms with E-state index in [1.165, 1.54) is 60.1 Å². The summed E-state index contributed by atoms with van der Waals surface area (Å²) in [5.74, 6) is -1.36. The Labute approximate surface area is 228 Å². The number of carbonyl (C=O) groups excluding carboxylic acids is 2. The van der Waals surface area contributed by atoms with Gasteiger partial charge in [-0.2, -0.15) is 0 Å². The van der Waals surface area contributed by atoms with Gasteiger partial charge in [0.25, 0.3) is 10.0 Å². The third-order valence-electron chi connectivity index (χ3n) is 6.15. The molecule has 0 radical (unpaired) electrons. The molecule has 0 unspecified atom stereocenters. The molecule has 0 saturated carbocycles. The highest BCUT2D eigenvalue weighted by molar-refractivity contribution is 7.98. The molecule has 0 aliphatic heterocycles. The molecule has 0 heterocycles. The SMILES string of the molecule is CC[C@H](C(=O)NC)N(Cc1ccc(F)cc1)C(=O)CN(c1ccc(C)cc1)S(=O)(=O)c1ccc(SC)cc1. The van der Waals surface area contributed by atoms with Gasteiger partial charge < -0.3 is 10.2 Å². The fourth-order valence-electron chi connectivity index (χ4n) is 3.99. The number of anilines is 1. The number of hydrogen-bond acceptors (Lipinski definition) is 5. The van der Waals surface area contributed by atoms with E-state index >= 15 is 0 Å². The highest BCUT2D eigenvalue weighted by atomic mass is 32.2. The van der Waals surface area contributed by atoms with E-state index in [-0.39, 0.29) is 17.3 Å². The van der Waals surface area contributed by atoms with Gasteiger partial charge >= 0.3 is 0 Å². The first kappa shape index (κ1) is 29.2. The van der Waals surface area contributed by atoms with Crippen LogP contribution in [0, 0.1) is 12.7 Å². The molecule has 0 spiro atoms. The molecule has 38 heavy (non-hydrogen) atoms. The number of rotatable bonds is 11. The molecule has 0 bridgehead atoms. The molecule has 3 aromatic rings. The number of sulfonamides is 1. The van der Waals surface area contributed by atoms with Crippen molar-refractivity contribution in [2.75, 3.05) is 24.2 Å². The fourth-order valence-corrected chi connectivity index (χ4v) is 5.81. The maximum atomic E-state index is 13.8. The van der Waals surface area contributed by atoms with Crippen molar-refractivity contribution < 1.29 is 22.4 Å². The summed E-state index contributed by atoms with van der Waals surface area (Å²) < 4.78 is 42.2. The van der Waals surface area contributed by atoms with Gasteiger partial charge in [-0.1, -0.05) is 36.8 Å². The van der Waals surface area contributed by atoms with E-state index in [1.54, 1.807) is 43.3 Å². The highest BCUT2D eigenvalue weighted by Gasteiger charge is 2.33. The van der Waals surface area contributed by atoms with Crippen molar-refractivity contribution in [1.82, 2.24) is 10.2 Å². The molecule has 0 aliphatic carbocycles. The zero-order valence-corrected chi connectivity index (χ0v) is 23.5. The Morgan fingerprint density at radius 1 is 0.974 bits per heavy atom. The third kappa shape index (κ3) is 6.93. The van der Waals surface area contributed by atoms with Gasteiger partial charge in [-0.3, -0.25) is 13.9 Å². The maximum absolute atomic E-state index is 13.8. The fraction of sp³-hybridized carbons (Fsp3) is 0.286. The molecule has 7 nitrogen and oxygen atoms in total. The summed E-state index contributed by atoms with van der Waals surface area (Å²) >= 11 is 1.49. The number of nitrogens with one attached hydrogen (secondary N) is 1. The van der Waals surface area contributed by atoms with E-state index in [9.17, 15) is 22.4 Å². The van der Waals surface area contributed by atoms with Crippen LogP contribution in [-0.2, 0) is 26.2 Å². The molecule has 3 rings (SSSR count). The van der Waals surface area contributed by atoms with Gasteiger partial charge in [-0.25, -0.2) is 12.8 Å².